The van der Waals surface area contributed by atoms with Gasteiger partial charge in [-0.1, -0.05) is 24.2 Å². The molecule has 8 rings (SSSR count). The van der Waals surface area contributed by atoms with E-state index in [0.717, 1.165) is 59.6 Å². The first-order valence-electron chi connectivity index (χ1n) is 13.5. The molecule has 2 N–H and O–H groups in total. The van der Waals surface area contributed by atoms with Gasteiger partial charge in [0.2, 0.25) is 0 Å². The Labute approximate surface area is 196 Å². The van der Waals surface area contributed by atoms with E-state index in [1.165, 1.54) is 18.4 Å². The van der Waals surface area contributed by atoms with Gasteiger partial charge in [0, 0.05) is 42.0 Å². The summed E-state index contributed by atoms with van der Waals surface area (Å²) >= 11 is 0. The van der Waals surface area contributed by atoms with Crippen LogP contribution >= 0.6 is 0 Å². The number of likely N-dealkylation sites (tertiary alicyclic amines) is 1. The summed E-state index contributed by atoms with van der Waals surface area (Å²) in [6.45, 7) is 4.71. The van der Waals surface area contributed by atoms with Gasteiger partial charge in [-0.05, 0) is 68.3 Å². The van der Waals surface area contributed by atoms with Crippen LogP contribution in [0.5, 0.6) is 11.5 Å². The maximum Gasteiger partial charge on any atom is 0.166 e. The van der Waals surface area contributed by atoms with Gasteiger partial charge in [-0.25, -0.2) is 0 Å². The highest BCUT2D eigenvalue weighted by Gasteiger charge is 2.73. The number of aromatic nitrogens is 1. The average Bonchev–Trinajstić information content (AvgIpc) is 3.48. The molecule has 0 unspecified atom stereocenters. The van der Waals surface area contributed by atoms with Gasteiger partial charge in [0.1, 0.15) is 0 Å². The van der Waals surface area contributed by atoms with Crippen molar-refractivity contribution in [2.75, 3.05) is 13.1 Å². The number of ether oxygens (including phenoxy) is 1. The minimum absolute atomic E-state index is 0.0197. The van der Waals surface area contributed by atoms with Crippen LogP contribution in [-0.4, -0.2) is 44.4 Å². The Balaban J connectivity index is 1.45. The molecule has 5 aliphatic rings. The summed E-state index contributed by atoms with van der Waals surface area (Å²) in [7, 11) is 0. The summed E-state index contributed by atoms with van der Waals surface area (Å²) in [6.07, 6.45) is 4.14. The van der Waals surface area contributed by atoms with Gasteiger partial charge in [-0.3, -0.25) is 4.90 Å². The average molecular weight is 447 g/mol. The molecule has 1 spiro atoms. The fourth-order valence-corrected chi connectivity index (χ4v) is 7.99. The minimum Gasteiger partial charge on any atom is -0.504 e. The molecule has 5 heteroatoms. The zero-order chi connectivity index (χ0) is 23.9. The lowest BCUT2D eigenvalue weighted by molar-refractivity contribution is -0.173. The lowest BCUT2D eigenvalue weighted by atomic mass is 9.49. The molecule has 2 fully saturated rings. The second kappa shape index (κ2) is 5.94. The predicted molar refractivity (Wildman–Crippen MR) is 126 cm³/mol. The number of benzene rings is 2. The number of phenolic OH excluding ortho intramolecular Hbond substituents is 1. The van der Waals surface area contributed by atoms with Crippen LogP contribution in [0.25, 0.3) is 10.9 Å². The van der Waals surface area contributed by atoms with Gasteiger partial charge in [0.25, 0.3) is 0 Å². The molecule has 2 bridgehead atoms. The zero-order valence-corrected chi connectivity index (χ0v) is 18.9. The Morgan fingerprint density at radius 1 is 1.27 bits per heavy atom. The number of rotatable bonds is 3. The summed E-state index contributed by atoms with van der Waals surface area (Å²) in [5.41, 5.74) is 3.38. The van der Waals surface area contributed by atoms with Crippen molar-refractivity contribution < 1.29 is 17.7 Å². The Hall–Kier alpha value is -2.50. The third-order valence-electron chi connectivity index (χ3n) is 9.49. The summed E-state index contributed by atoms with van der Waals surface area (Å²) in [4.78, 5) is 2.53. The molecule has 2 aromatic carbocycles. The molecule has 2 aliphatic heterocycles. The topological polar surface area (TPSA) is 57.9 Å². The lowest BCUT2D eigenvalue weighted by Gasteiger charge is -2.63. The largest absolute Gasteiger partial charge is 0.504 e. The Morgan fingerprint density at radius 3 is 2.97 bits per heavy atom. The first-order valence-corrected chi connectivity index (χ1v) is 12.5. The normalized spacial score (nSPS) is 34.5. The van der Waals surface area contributed by atoms with Crippen LogP contribution in [0.4, 0.5) is 0 Å². The number of para-hydroxylation sites is 1. The fourth-order valence-electron chi connectivity index (χ4n) is 7.99. The van der Waals surface area contributed by atoms with Gasteiger partial charge < -0.3 is 19.5 Å². The van der Waals surface area contributed by atoms with Crippen LogP contribution < -0.4 is 4.74 Å². The third kappa shape index (κ3) is 2.04. The zero-order valence-electron chi connectivity index (χ0n) is 20.9. The molecule has 1 saturated carbocycles. The SMILES string of the molecule is [3H]c1cc([3H])c2c(c1)c1c(n2CC)[C@@H]2Oc3c(O)ccc4c3[C@@]23CCN(CC2CC2)[C@H](C4)[C@]3(O)C1. The van der Waals surface area contributed by atoms with Crippen LogP contribution in [0.2, 0.25) is 0 Å². The van der Waals surface area contributed by atoms with Gasteiger partial charge in [-0.15, -0.1) is 0 Å². The second-order valence-electron chi connectivity index (χ2n) is 10.9. The summed E-state index contributed by atoms with van der Waals surface area (Å²) < 4.78 is 25.9. The molecule has 0 radical (unpaired) electrons. The van der Waals surface area contributed by atoms with E-state index in [4.69, 9.17) is 7.48 Å². The van der Waals surface area contributed by atoms with Gasteiger partial charge in [-0.2, -0.15) is 0 Å². The van der Waals surface area contributed by atoms with Crippen molar-refractivity contribution in [3.05, 3.63) is 58.7 Å². The molecule has 3 aromatic rings. The smallest absolute Gasteiger partial charge is 0.166 e. The number of phenols is 1. The maximum absolute atomic E-state index is 12.9. The Morgan fingerprint density at radius 2 is 2.15 bits per heavy atom. The number of hydrogen-bond donors (Lipinski definition) is 2. The van der Waals surface area contributed by atoms with E-state index in [1.807, 2.05) is 12.1 Å². The van der Waals surface area contributed by atoms with Crippen molar-refractivity contribution in [1.29, 1.82) is 0 Å². The molecule has 33 heavy (non-hydrogen) atoms. The molecule has 170 valence electrons. The van der Waals surface area contributed by atoms with Crippen molar-refractivity contribution >= 4 is 10.9 Å². The van der Waals surface area contributed by atoms with E-state index in [9.17, 15) is 10.2 Å². The molecule has 3 heterocycles. The van der Waals surface area contributed by atoms with E-state index in [1.54, 1.807) is 12.1 Å². The standard InChI is InChI=1S/C28H30N2O3/c1-2-30-20-6-4-3-5-18(20)19-14-28(32)22-13-17-9-10-21(31)25-23(17)27(28,26(33-25)24(19)30)11-12-29(22)15-16-7-8-16/h3-6,9-10,16,22,26,31-32H,2,7-8,11-15H2,1H3/t22-,26+,27+,28-/m1/s1/i3T,6T. The quantitative estimate of drug-likeness (QED) is 0.637. The monoisotopic (exact) mass is 446 g/mol. The van der Waals surface area contributed by atoms with Gasteiger partial charge in [0.05, 0.1) is 19.5 Å². The molecule has 1 aromatic heterocycles. The Bertz CT molecular complexity index is 1450. The number of piperidine rings is 1. The molecule has 1 saturated heterocycles. The summed E-state index contributed by atoms with van der Waals surface area (Å²) in [5.74, 6) is 1.41. The van der Waals surface area contributed by atoms with E-state index in [-0.39, 0.29) is 11.8 Å². The van der Waals surface area contributed by atoms with Crippen molar-refractivity contribution in [2.45, 2.75) is 68.7 Å². The van der Waals surface area contributed by atoms with Gasteiger partial charge >= 0.3 is 0 Å². The summed E-state index contributed by atoms with van der Waals surface area (Å²) in [6, 6.07) is 7.88. The fraction of sp³-hybridized carbons (Fsp3) is 0.500. The van der Waals surface area contributed by atoms with E-state index in [0.29, 0.717) is 30.8 Å². The van der Waals surface area contributed by atoms with Crippen LogP contribution in [0, 0.1) is 5.92 Å². The highest BCUT2D eigenvalue weighted by atomic mass is 16.5. The summed E-state index contributed by atoms with van der Waals surface area (Å²) in [5, 5.41) is 24.7. The van der Waals surface area contributed by atoms with Gasteiger partial charge in [0.15, 0.2) is 17.6 Å². The molecular formula is C28H30N2O3. The Kier molecular flexibility index (Phi) is 3.06. The molecule has 5 nitrogen and oxygen atoms in total. The molecule has 4 atom stereocenters. The van der Waals surface area contributed by atoms with E-state index in [2.05, 4.69) is 16.4 Å². The van der Waals surface area contributed by atoms with Crippen LogP contribution in [0.1, 0.15) is 57.4 Å². The van der Waals surface area contributed by atoms with E-state index < -0.39 is 17.1 Å². The van der Waals surface area contributed by atoms with Crippen molar-refractivity contribution in [3.8, 4) is 11.5 Å². The highest BCUT2D eigenvalue weighted by Crippen LogP contribution is 2.69. The van der Waals surface area contributed by atoms with Crippen molar-refractivity contribution in [2.24, 2.45) is 5.92 Å². The third-order valence-corrected chi connectivity index (χ3v) is 9.49. The lowest BCUT2D eigenvalue weighted by Crippen LogP contribution is -2.74. The molecule has 3 aliphatic carbocycles. The molecular weight excluding hydrogens is 412 g/mol. The van der Waals surface area contributed by atoms with Crippen LogP contribution in [-0.2, 0) is 24.8 Å². The first kappa shape index (κ1) is 17.0. The highest BCUT2D eigenvalue weighted by molar-refractivity contribution is 5.87. The van der Waals surface area contributed by atoms with Crippen molar-refractivity contribution in [3.63, 3.8) is 0 Å². The number of aromatic hydroxyl groups is 1. The molecule has 0 amide bonds. The predicted octanol–water partition coefficient (Wildman–Crippen LogP) is 4.07. The van der Waals surface area contributed by atoms with E-state index >= 15 is 0 Å². The maximum atomic E-state index is 12.9. The number of aliphatic hydroxyl groups is 1. The number of aryl methyl sites for hydroxylation is 1. The minimum atomic E-state index is -1.04. The number of fused-ring (bicyclic) bond motifs is 4. The van der Waals surface area contributed by atoms with Crippen LogP contribution in [0.3, 0.4) is 0 Å². The van der Waals surface area contributed by atoms with Crippen LogP contribution in [0.15, 0.2) is 36.4 Å². The number of nitrogens with zero attached hydrogens (tertiary/aromatic N) is 2. The van der Waals surface area contributed by atoms with Crippen molar-refractivity contribution in [1.82, 2.24) is 9.47 Å². The second-order valence-corrected chi connectivity index (χ2v) is 10.9. The number of hydrogen-bond acceptors (Lipinski definition) is 4. The first-order chi connectivity index (χ1) is 16.9.